The zero-order valence-electron chi connectivity index (χ0n) is 12.1. The van der Waals surface area contributed by atoms with E-state index in [4.69, 9.17) is 4.74 Å². The first kappa shape index (κ1) is 14.3. The highest BCUT2D eigenvalue weighted by molar-refractivity contribution is 6.06. The van der Waals surface area contributed by atoms with E-state index in [9.17, 15) is 14.7 Å². The van der Waals surface area contributed by atoms with Crippen molar-refractivity contribution in [2.75, 3.05) is 18.1 Å². The maximum absolute atomic E-state index is 12.8. The number of rotatable bonds is 3. The first-order chi connectivity index (χ1) is 10.6. The van der Waals surface area contributed by atoms with E-state index in [0.29, 0.717) is 18.9 Å². The van der Waals surface area contributed by atoms with Crippen molar-refractivity contribution in [3.63, 3.8) is 0 Å². The lowest BCUT2D eigenvalue weighted by Gasteiger charge is -2.37. The molecule has 1 aliphatic heterocycles. The van der Waals surface area contributed by atoms with Gasteiger partial charge in [0.15, 0.2) is 0 Å². The van der Waals surface area contributed by atoms with Gasteiger partial charge >= 0.3 is 0 Å². The molecule has 1 saturated heterocycles. The van der Waals surface area contributed by atoms with E-state index >= 15 is 0 Å². The summed E-state index contributed by atoms with van der Waals surface area (Å²) >= 11 is 0. The molecule has 0 unspecified atom stereocenters. The molecule has 6 heteroatoms. The quantitative estimate of drug-likeness (QED) is 0.922. The van der Waals surface area contributed by atoms with Gasteiger partial charge in [-0.1, -0.05) is 6.07 Å². The Hall–Kier alpha value is -2.60. The third-order valence-electron chi connectivity index (χ3n) is 3.67. The minimum atomic E-state index is -0.389. The van der Waals surface area contributed by atoms with Crippen LogP contribution in [-0.4, -0.2) is 34.8 Å². The van der Waals surface area contributed by atoms with E-state index in [0.717, 1.165) is 0 Å². The monoisotopic (exact) mass is 300 g/mol. The highest BCUT2D eigenvalue weighted by atomic mass is 16.5. The predicted molar refractivity (Wildman–Crippen MR) is 81.2 cm³/mol. The van der Waals surface area contributed by atoms with Crippen molar-refractivity contribution in [2.45, 2.75) is 6.04 Å². The Morgan fingerprint density at radius 3 is 2.73 bits per heavy atom. The van der Waals surface area contributed by atoms with E-state index in [1.807, 2.05) is 0 Å². The summed E-state index contributed by atoms with van der Waals surface area (Å²) in [5.74, 6) is -0.323. The molecule has 6 nitrogen and oxygen atoms in total. The van der Waals surface area contributed by atoms with E-state index in [1.54, 1.807) is 31.4 Å². The van der Waals surface area contributed by atoms with Crippen LogP contribution in [0.25, 0.3) is 0 Å². The van der Waals surface area contributed by atoms with Crippen molar-refractivity contribution < 1.29 is 14.6 Å². The van der Waals surface area contributed by atoms with Gasteiger partial charge in [0.1, 0.15) is 11.3 Å². The molecule has 2 heterocycles. The molecule has 0 saturated carbocycles. The molecule has 0 atom stereocenters. The fourth-order valence-electron chi connectivity index (χ4n) is 2.40. The van der Waals surface area contributed by atoms with Gasteiger partial charge in [-0.05, 0) is 24.3 Å². The number of aromatic nitrogens is 1. The Morgan fingerprint density at radius 1 is 1.32 bits per heavy atom. The van der Waals surface area contributed by atoms with Crippen LogP contribution in [0.2, 0.25) is 0 Å². The second-order valence-electron chi connectivity index (χ2n) is 5.22. The summed E-state index contributed by atoms with van der Waals surface area (Å²) in [6.07, 6.45) is 1.60. The normalized spacial score (nSPS) is 14.4. The van der Waals surface area contributed by atoms with E-state index < -0.39 is 0 Å². The van der Waals surface area contributed by atoms with Crippen LogP contribution in [0.4, 0.5) is 5.69 Å². The SMILES string of the molecule is Cn1cccc(C(=O)N(c2cccc(O)c2)C2COC2)c1=O. The number of aryl methyl sites for hydroxylation is 1. The number of hydrogen-bond donors (Lipinski definition) is 1. The third kappa shape index (κ3) is 2.48. The molecule has 2 aromatic rings. The van der Waals surface area contributed by atoms with Crippen LogP contribution in [0.1, 0.15) is 10.4 Å². The van der Waals surface area contributed by atoms with Crippen LogP contribution < -0.4 is 10.5 Å². The number of benzene rings is 1. The lowest BCUT2D eigenvalue weighted by Crippen LogP contribution is -2.53. The molecule has 0 aliphatic carbocycles. The summed E-state index contributed by atoms with van der Waals surface area (Å²) in [6.45, 7) is 0.823. The number of hydrogen-bond acceptors (Lipinski definition) is 4. The molecule has 0 radical (unpaired) electrons. The van der Waals surface area contributed by atoms with E-state index in [-0.39, 0.29) is 28.8 Å². The Balaban J connectivity index is 2.04. The number of phenolic OH excluding ortho intramolecular Hbond substituents is 1. The van der Waals surface area contributed by atoms with Gasteiger partial charge in [0.2, 0.25) is 0 Å². The molecular weight excluding hydrogens is 284 g/mol. The molecular formula is C16H16N2O4. The van der Waals surface area contributed by atoms with Crippen LogP contribution in [0, 0.1) is 0 Å². The number of ether oxygens (including phenoxy) is 1. The van der Waals surface area contributed by atoms with Gasteiger partial charge < -0.3 is 19.3 Å². The molecule has 0 bridgehead atoms. The summed E-state index contributed by atoms with van der Waals surface area (Å²) < 4.78 is 6.53. The second-order valence-corrected chi connectivity index (χ2v) is 5.22. The maximum Gasteiger partial charge on any atom is 0.264 e. The number of amides is 1. The molecule has 0 spiro atoms. The van der Waals surface area contributed by atoms with Crippen LogP contribution in [0.5, 0.6) is 5.75 Å². The first-order valence-corrected chi connectivity index (χ1v) is 6.94. The van der Waals surface area contributed by atoms with Gasteiger partial charge in [-0.15, -0.1) is 0 Å². The zero-order valence-corrected chi connectivity index (χ0v) is 12.1. The van der Waals surface area contributed by atoms with Crippen molar-refractivity contribution in [1.29, 1.82) is 0 Å². The number of anilines is 1. The van der Waals surface area contributed by atoms with E-state index in [2.05, 4.69) is 0 Å². The average molecular weight is 300 g/mol. The summed E-state index contributed by atoms with van der Waals surface area (Å²) in [5.41, 5.74) is 0.294. The molecule has 3 rings (SSSR count). The van der Waals surface area contributed by atoms with Crippen molar-refractivity contribution in [3.8, 4) is 5.75 Å². The summed E-state index contributed by atoms with van der Waals surface area (Å²) in [4.78, 5) is 26.5. The van der Waals surface area contributed by atoms with Gasteiger partial charge in [-0.3, -0.25) is 9.59 Å². The van der Waals surface area contributed by atoms with E-state index in [1.165, 1.54) is 27.7 Å². The molecule has 1 amide bonds. The van der Waals surface area contributed by atoms with Gasteiger partial charge in [0, 0.05) is 25.0 Å². The summed E-state index contributed by atoms with van der Waals surface area (Å²) in [5, 5.41) is 9.65. The van der Waals surface area contributed by atoms with Crippen molar-refractivity contribution in [1.82, 2.24) is 4.57 Å². The highest BCUT2D eigenvalue weighted by Crippen LogP contribution is 2.26. The van der Waals surface area contributed by atoms with Gasteiger partial charge in [-0.25, -0.2) is 0 Å². The van der Waals surface area contributed by atoms with Crippen molar-refractivity contribution in [2.24, 2.45) is 7.05 Å². The predicted octanol–water partition coefficient (Wildman–Crippen LogP) is 1.14. The molecule has 1 aromatic heterocycles. The molecule has 22 heavy (non-hydrogen) atoms. The van der Waals surface area contributed by atoms with Crippen LogP contribution in [0.3, 0.4) is 0 Å². The Morgan fingerprint density at radius 2 is 2.09 bits per heavy atom. The zero-order chi connectivity index (χ0) is 15.7. The second kappa shape index (κ2) is 5.65. The smallest absolute Gasteiger partial charge is 0.264 e. The van der Waals surface area contributed by atoms with Crippen molar-refractivity contribution >= 4 is 11.6 Å². The molecule has 1 N–H and O–H groups in total. The van der Waals surface area contributed by atoms with Gasteiger partial charge in [0.05, 0.1) is 19.3 Å². The summed E-state index contributed by atoms with van der Waals surface area (Å²) in [7, 11) is 1.60. The molecule has 114 valence electrons. The number of phenols is 1. The molecule has 1 aliphatic rings. The molecule has 1 aromatic carbocycles. The average Bonchev–Trinajstić information content (AvgIpc) is 2.45. The van der Waals surface area contributed by atoms with Crippen LogP contribution in [0.15, 0.2) is 47.4 Å². The number of carbonyl (C=O) groups excluding carboxylic acids is 1. The third-order valence-corrected chi connectivity index (χ3v) is 3.67. The van der Waals surface area contributed by atoms with Crippen LogP contribution >= 0.6 is 0 Å². The Kier molecular flexibility index (Phi) is 3.68. The Bertz CT molecular complexity index is 765. The number of aromatic hydroxyl groups is 1. The van der Waals surface area contributed by atoms with Gasteiger partial charge in [-0.2, -0.15) is 0 Å². The lowest BCUT2D eigenvalue weighted by molar-refractivity contribution is 0.00830. The van der Waals surface area contributed by atoms with Crippen molar-refractivity contribution in [3.05, 3.63) is 58.5 Å². The number of carbonyl (C=O) groups is 1. The summed E-state index contributed by atoms with van der Waals surface area (Å²) in [6, 6.07) is 9.46. The minimum Gasteiger partial charge on any atom is -0.508 e. The fourth-order valence-corrected chi connectivity index (χ4v) is 2.40. The molecule has 1 fully saturated rings. The topological polar surface area (TPSA) is 71.8 Å². The minimum absolute atomic E-state index is 0.0662. The number of nitrogens with zero attached hydrogens (tertiary/aromatic N) is 2. The van der Waals surface area contributed by atoms with Gasteiger partial charge in [0.25, 0.3) is 11.5 Å². The Labute approximate surface area is 127 Å². The number of pyridine rings is 1. The highest BCUT2D eigenvalue weighted by Gasteiger charge is 2.33. The van der Waals surface area contributed by atoms with Crippen LogP contribution in [-0.2, 0) is 11.8 Å². The standard InChI is InChI=1S/C16H16N2O4/c1-17-7-3-6-14(15(17)20)16(21)18(12-9-22-10-12)11-4-2-5-13(19)8-11/h2-8,12,19H,9-10H2,1H3. The maximum atomic E-state index is 12.8. The fraction of sp³-hybridized carbons (Fsp3) is 0.250. The largest absolute Gasteiger partial charge is 0.508 e. The first-order valence-electron chi connectivity index (χ1n) is 6.94. The lowest BCUT2D eigenvalue weighted by atomic mass is 10.1.